The van der Waals surface area contributed by atoms with Gasteiger partial charge >= 0.3 is 12.1 Å². The summed E-state index contributed by atoms with van der Waals surface area (Å²) in [6.07, 6.45) is 0.590. The fraction of sp³-hybridized carbons (Fsp3) is 0.200. The largest absolute Gasteiger partial charge is 0.332 e. The predicted octanol–water partition coefficient (Wildman–Crippen LogP) is 3.54. The number of likely N-dealkylation sites (tertiary alicyclic amines) is 1. The predicted molar refractivity (Wildman–Crippen MR) is 122 cm³/mol. The number of fused-ring (bicyclic) bond motifs is 6. The molecule has 3 unspecified atom stereocenters. The Labute approximate surface area is 189 Å². The van der Waals surface area contributed by atoms with Crippen LogP contribution < -0.4 is 10.2 Å². The van der Waals surface area contributed by atoms with Crippen molar-refractivity contribution < 1.29 is 14.4 Å². The maximum Gasteiger partial charge on any atom is 0.332 e. The van der Waals surface area contributed by atoms with Gasteiger partial charge in [-0.25, -0.2) is 14.5 Å². The zero-order chi connectivity index (χ0) is 22.7. The van der Waals surface area contributed by atoms with E-state index in [4.69, 9.17) is 5.26 Å². The van der Waals surface area contributed by atoms with E-state index >= 15 is 0 Å². The summed E-state index contributed by atoms with van der Waals surface area (Å²) in [6.45, 7) is 0.381. The molecule has 1 N–H and O–H groups in total. The molecule has 3 fully saturated rings. The Balaban J connectivity index is 1.27. The monoisotopic (exact) mass is 437 g/mol. The first-order valence-corrected chi connectivity index (χ1v) is 10.8. The highest BCUT2D eigenvalue weighted by molar-refractivity contribution is 6.25. The number of carbonyl (C=O) groups is 3. The summed E-state index contributed by atoms with van der Waals surface area (Å²) >= 11 is 0. The molecular weight excluding hydrogens is 418 g/mol. The van der Waals surface area contributed by atoms with Crippen LogP contribution >= 0.6 is 0 Å². The molecule has 2 bridgehead atoms. The van der Waals surface area contributed by atoms with Gasteiger partial charge in [0, 0.05) is 17.6 Å². The highest BCUT2D eigenvalue weighted by Crippen LogP contribution is 2.43. The molecule has 0 saturated carbocycles. The van der Waals surface area contributed by atoms with Crippen LogP contribution in [-0.4, -0.2) is 52.4 Å². The van der Waals surface area contributed by atoms with Gasteiger partial charge in [0.1, 0.15) is 6.04 Å². The number of amides is 5. The number of benzene rings is 3. The van der Waals surface area contributed by atoms with Crippen LogP contribution in [0.25, 0.3) is 10.8 Å². The molecule has 8 nitrogen and oxygen atoms in total. The van der Waals surface area contributed by atoms with Gasteiger partial charge in [0.15, 0.2) is 0 Å². The Morgan fingerprint density at radius 3 is 2.55 bits per heavy atom. The van der Waals surface area contributed by atoms with Gasteiger partial charge in [0.2, 0.25) is 0 Å². The summed E-state index contributed by atoms with van der Waals surface area (Å²) in [7, 11) is 0. The quantitative estimate of drug-likeness (QED) is 0.620. The minimum absolute atomic E-state index is 0.192. The normalized spacial score (nSPS) is 23.2. The Morgan fingerprint density at radius 1 is 1.00 bits per heavy atom. The van der Waals surface area contributed by atoms with Crippen molar-refractivity contribution in [3.8, 4) is 6.07 Å². The third kappa shape index (κ3) is 2.79. The zero-order valence-corrected chi connectivity index (χ0v) is 17.5. The van der Waals surface area contributed by atoms with Crippen LogP contribution in [0.15, 0.2) is 66.7 Å². The highest BCUT2D eigenvalue weighted by Gasteiger charge is 2.63. The van der Waals surface area contributed by atoms with Gasteiger partial charge in [-0.05, 0) is 42.1 Å². The maximum absolute atomic E-state index is 13.5. The molecule has 3 atom stereocenters. The Morgan fingerprint density at radius 2 is 1.76 bits per heavy atom. The molecule has 0 aromatic heterocycles. The molecule has 0 spiro atoms. The molecule has 3 aromatic rings. The van der Waals surface area contributed by atoms with E-state index in [0.717, 1.165) is 10.8 Å². The van der Waals surface area contributed by atoms with Crippen LogP contribution in [0, 0.1) is 11.3 Å². The van der Waals surface area contributed by atoms with E-state index in [1.807, 2.05) is 42.5 Å². The van der Waals surface area contributed by atoms with Gasteiger partial charge in [0.25, 0.3) is 5.91 Å². The minimum atomic E-state index is -0.679. The van der Waals surface area contributed by atoms with Crippen molar-refractivity contribution >= 4 is 40.1 Å². The summed E-state index contributed by atoms with van der Waals surface area (Å²) < 4.78 is 0. The van der Waals surface area contributed by atoms with E-state index in [1.165, 1.54) is 4.90 Å². The van der Waals surface area contributed by atoms with Crippen LogP contribution in [0.2, 0.25) is 0 Å². The first-order valence-electron chi connectivity index (χ1n) is 10.8. The second kappa shape index (κ2) is 7.07. The summed E-state index contributed by atoms with van der Waals surface area (Å²) in [5, 5.41) is 13.6. The average molecular weight is 437 g/mol. The molecule has 0 aliphatic carbocycles. The molecule has 3 aliphatic heterocycles. The van der Waals surface area contributed by atoms with E-state index < -0.39 is 6.04 Å². The lowest BCUT2D eigenvalue weighted by Gasteiger charge is -2.34. The summed E-state index contributed by atoms with van der Waals surface area (Å²) in [5.41, 5.74) is 1.66. The number of carbonyl (C=O) groups excluding carboxylic acids is 3. The molecule has 3 aliphatic rings. The molecule has 3 heterocycles. The second-order valence-electron chi connectivity index (χ2n) is 8.54. The van der Waals surface area contributed by atoms with Crippen molar-refractivity contribution in [3.05, 3.63) is 72.3 Å². The fourth-order valence-electron chi connectivity index (χ4n) is 5.34. The number of piperazine rings is 1. The number of nitriles is 1. The van der Waals surface area contributed by atoms with E-state index in [0.29, 0.717) is 29.9 Å². The number of hydrogen-bond donors (Lipinski definition) is 1. The number of urea groups is 2. The minimum Gasteiger partial charge on any atom is -0.317 e. The van der Waals surface area contributed by atoms with Crippen LogP contribution in [0.1, 0.15) is 12.0 Å². The number of rotatable bonds is 2. The third-order valence-corrected chi connectivity index (χ3v) is 6.80. The Kier molecular flexibility index (Phi) is 4.14. The number of anilines is 2. The van der Waals surface area contributed by atoms with Gasteiger partial charge in [-0.1, -0.05) is 36.4 Å². The molecule has 0 radical (unpaired) electrons. The van der Waals surface area contributed by atoms with Crippen molar-refractivity contribution in [2.75, 3.05) is 16.8 Å². The van der Waals surface area contributed by atoms with Crippen LogP contribution in [0.4, 0.5) is 21.0 Å². The SMILES string of the molecule is N#Cc1ccc(NC(=O)N2CC3CC2C2C(=O)N(c4cccc5ccccc45)C(=O)N32)cc1. The number of imide groups is 1. The standard InChI is InChI=1S/C25H19N5O3/c26-13-15-8-10-17(11-9-15)27-24(32)28-14-18-12-21(28)22-23(31)30(25(33)29(18)22)20-7-3-5-16-4-1-2-6-19(16)20/h1-11,18,21-22H,12,14H2,(H,27,32). The fourth-order valence-corrected chi connectivity index (χ4v) is 5.34. The highest BCUT2D eigenvalue weighted by atomic mass is 16.2. The number of nitrogens with zero attached hydrogens (tertiary/aromatic N) is 4. The van der Waals surface area contributed by atoms with Crippen LogP contribution in [0.5, 0.6) is 0 Å². The smallest absolute Gasteiger partial charge is 0.317 e. The molecule has 33 heavy (non-hydrogen) atoms. The van der Waals surface area contributed by atoms with Crippen molar-refractivity contribution in [1.82, 2.24) is 9.80 Å². The maximum atomic E-state index is 13.5. The van der Waals surface area contributed by atoms with Gasteiger partial charge < -0.3 is 15.1 Å². The van der Waals surface area contributed by atoms with Crippen molar-refractivity contribution in [3.63, 3.8) is 0 Å². The van der Waals surface area contributed by atoms with Gasteiger partial charge in [-0.15, -0.1) is 0 Å². The van der Waals surface area contributed by atoms with E-state index in [1.54, 1.807) is 40.1 Å². The topological polar surface area (TPSA) is 96.7 Å². The second-order valence-corrected chi connectivity index (χ2v) is 8.54. The Bertz CT molecular complexity index is 1360. The van der Waals surface area contributed by atoms with Crippen LogP contribution in [0.3, 0.4) is 0 Å². The lowest BCUT2D eigenvalue weighted by molar-refractivity contribution is -0.120. The lowest BCUT2D eigenvalue weighted by atomic mass is 10.1. The van der Waals surface area contributed by atoms with Crippen molar-refractivity contribution in [2.45, 2.75) is 24.5 Å². The first kappa shape index (κ1) is 19.3. The average Bonchev–Trinajstić information content (AvgIpc) is 3.51. The molecular formula is C25H19N5O3. The number of hydrogen-bond acceptors (Lipinski definition) is 4. The summed E-state index contributed by atoms with van der Waals surface area (Å²) in [4.78, 5) is 44.4. The van der Waals surface area contributed by atoms with E-state index in [-0.39, 0.29) is 30.1 Å². The molecule has 8 heteroatoms. The lowest BCUT2D eigenvalue weighted by Crippen LogP contribution is -2.55. The van der Waals surface area contributed by atoms with E-state index in [9.17, 15) is 14.4 Å². The third-order valence-electron chi connectivity index (χ3n) is 6.80. The molecule has 162 valence electrons. The summed E-state index contributed by atoms with van der Waals surface area (Å²) in [6, 6.07) is 20.0. The van der Waals surface area contributed by atoms with Gasteiger partial charge in [-0.2, -0.15) is 5.26 Å². The van der Waals surface area contributed by atoms with Crippen molar-refractivity contribution in [2.24, 2.45) is 0 Å². The summed E-state index contributed by atoms with van der Waals surface area (Å²) in [5.74, 6) is -0.292. The van der Waals surface area contributed by atoms with Gasteiger partial charge in [0.05, 0.1) is 29.4 Å². The first-order chi connectivity index (χ1) is 16.1. The number of nitrogens with one attached hydrogen (secondary N) is 1. The zero-order valence-electron chi connectivity index (χ0n) is 17.5. The van der Waals surface area contributed by atoms with E-state index in [2.05, 4.69) is 5.32 Å². The molecule has 3 aromatic carbocycles. The van der Waals surface area contributed by atoms with Gasteiger partial charge in [-0.3, -0.25) is 4.79 Å². The molecule has 6 rings (SSSR count). The molecule has 5 amide bonds. The van der Waals surface area contributed by atoms with Crippen molar-refractivity contribution in [1.29, 1.82) is 5.26 Å². The Hall–Kier alpha value is -4.38. The molecule has 3 saturated heterocycles. The van der Waals surface area contributed by atoms with Crippen LogP contribution in [-0.2, 0) is 4.79 Å².